The van der Waals surface area contributed by atoms with E-state index < -0.39 is 17.7 Å². The number of ether oxygens (including phenoxy) is 1. The standard InChI is InChI=1S/C20H33N3O4/c1-6-22(7-2)16(17-11-9-13-26-17)14-21-18(24)15-10-8-12-23(15)19(25)27-20(3,4)5/h9,11,13,15-16H,6-8,10,12,14H2,1-5H3,(H,21,24)/t15-,16?/m0/s1. The number of nitrogens with zero attached hydrogens (tertiary/aromatic N) is 2. The Morgan fingerprint density at radius 1 is 1.37 bits per heavy atom. The largest absolute Gasteiger partial charge is 0.468 e. The van der Waals surface area contributed by atoms with Gasteiger partial charge in [0.05, 0.1) is 12.3 Å². The lowest BCUT2D eigenvalue weighted by Gasteiger charge is -2.30. The average Bonchev–Trinajstić information content (AvgIpc) is 3.28. The Labute approximate surface area is 162 Å². The highest BCUT2D eigenvalue weighted by molar-refractivity contribution is 5.86. The molecule has 1 saturated heterocycles. The molecule has 7 nitrogen and oxygen atoms in total. The molecule has 2 atom stereocenters. The maximum atomic E-state index is 12.8. The second-order valence-corrected chi connectivity index (χ2v) is 7.83. The summed E-state index contributed by atoms with van der Waals surface area (Å²) in [6.45, 7) is 12.3. The fraction of sp³-hybridized carbons (Fsp3) is 0.700. The fourth-order valence-electron chi connectivity index (χ4n) is 3.45. The highest BCUT2D eigenvalue weighted by Gasteiger charge is 2.37. The van der Waals surface area contributed by atoms with Crippen LogP contribution in [0.2, 0.25) is 0 Å². The van der Waals surface area contributed by atoms with Crippen LogP contribution in [0.5, 0.6) is 0 Å². The second-order valence-electron chi connectivity index (χ2n) is 7.83. The number of likely N-dealkylation sites (tertiary alicyclic amines) is 1. The molecule has 1 aromatic heterocycles. The van der Waals surface area contributed by atoms with Gasteiger partial charge in [-0.3, -0.25) is 14.6 Å². The molecule has 1 aliphatic heterocycles. The Morgan fingerprint density at radius 3 is 2.63 bits per heavy atom. The van der Waals surface area contributed by atoms with Crippen LogP contribution in [0.1, 0.15) is 59.3 Å². The number of hydrogen-bond acceptors (Lipinski definition) is 5. The Bertz CT molecular complexity index is 605. The van der Waals surface area contributed by atoms with Gasteiger partial charge in [0.25, 0.3) is 0 Å². The highest BCUT2D eigenvalue weighted by atomic mass is 16.6. The molecule has 2 heterocycles. The molecule has 152 valence electrons. The van der Waals surface area contributed by atoms with Gasteiger partial charge in [-0.05, 0) is 58.8 Å². The lowest BCUT2D eigenvalue weighted by molar-refractivity contribution is -0.125. The van der Waals surface area contributed by atoms with Crippen LogP contribution in [0.4, 0.5) is 4.79 Å². The van der Waals surface area contributed by atoms with Crippen molar-refractivity contribution >= 4 is 12.0 Å². The molecule has 0 bridgehead atoms. The van der Waals surface area contributed by atoms with E-state index in [0.717, 1.165) is 25.3 Å². The SMILES string of the molecule is CCN(CC)C(CNC(=O)[C@@H]1CCCN1C(=O)OC(C)(C)C)c1ccco1. The lowest BCUT2D eigenvalue weighted by Crippen LogP contribution is -2.49. The number of carbonyl (C=O) groups excluding carboxylic acids is 2. The predicted molar refractivity (Wildman–Crippen MR) is 103 cm³/mol. The Morgan fingerprint density at radius 2 is 2.07 bits per heavy atom. The molecule has 0 radical (unpaired) electrons. The minimum Gasteiger partial charge on any atom is -0.468 e. The van der Waals surface area contributed by atoms with Crippen molar-refractivity contribution in [2.24, 2.45) is 0 Å². The first-order valence-corrected chi connectivity index (χ1v) is 9.81. The van der Waals surface area contributed by atoms with Crippen LogP contribution in [0.25, 0.3) is 0 Å². The Hall–Kier alpha value is -2.02. The van der Waals surface area contributed by atoms with Gasteiger partial charge in [-0.15, -0.1) is 0 Å². The molecule has 1 aromatic rings. The van der Waals surface area contributed by atoms with E-state index in [2.05, 4.69) is 24.1 Å². The van der Waals surface area contributed by atoms with Crippen LogP contribution in [-0.4, -0.2) is 59.6 Å². The van der Waals surface area contributed by atoms with E-state index in [1.165, 1.54) is 0 Å². The third-order valence-corrected chi connectivity index (χ3v) is 4.78. The van der Waals surface area contributed by atoms with Gasteiger partial charge < -0.3 is 14.5 Å². The molecule has 0 saturated carbocycles. The third kappa shape index (κ3) is 5.73. The lowest BCUT2D eigenvalue weighted by atomic mass is 10.1. The summed E-state index contributed by atoms with van der Waals surface area (Å²) in [5, 5.41) is 3.02. The topological polar surface area (TPSA) is 75.0 Å². The van der Waals surface area contributed by atoms with E-state index >= 15 is 0 Å². The molecule has 0 aromatic carbocycles. The highest BCUT2D eigenvalue weighted by Crippen LogP contribution is 2.23. The van der Waals surface area contributed by atoms with Gasteiger partial charge in [0.15, 0.2) is 0 Å². The van der Waals surface area contributed by atoms with Crippen LogP contribution >= 0.6 is 0 Å². The molecule has 0 spiro atoms. The van der Waals surface area contributed by atoms with Crippen molar-refractivity contribution in [3.05, 3.63) is 24.2 Å². The molecule has 2 amide bonds. The number of nitrogens with one attached hydrogen (secondary N) is 1. The zero-order chi connectivity index (χ0) is 20.0. The van der Waals surface area contributed by atoms with Gasteiger partial charge in [-0.2, -0.15) is 0 Å². The number of hydrogen-bond donors (Lipinski definition) is 1. The third-order valence-electron chi connectivity index (χ3n) is 4.78. The maximum Gasteiger partial charge on any atom is 0.410 e. The Kier molecular flexibility index (Phi) is 7.30. The van der Waals surface area contributed by atoms with E-state index in [4.69, 9.17) is 9.15 Å². The summed E-state index contributed by atoms with van der Waals surface area (Å²) in [4.78, 5) is 29.0. The van der Waals surface area contributed by atoms with Crippen molar-refractivity contribution in [2.45, 2.75) is 65.1 Å². The quantitative estimate of drug-likeness (QED) is 0.787. The van der Waals surface area contributed by atoms with Gasteiger partial charge in [0.1, 0.15) is 17.4 Å². The van der Waals surface area contributed by atoms with Crippen LogP contribution in [0, 0.1) is 0 Å². The molecule has 7 heteroatoms. The van der Waals surface area contributed by atoms with Gasteiger partial charge in [0, 0.05) is 13.1 Å². The first-order chi connectivity index (χ1) is 12.8. The van der Waals surface area contributed by atoms with Gasteiger partial charge in [0.2, 0.25) is 5.91 Å². The van der Waals surface area contributed by atoms with Crippen molar-refractivity contribution < 1.29 is 18.7 Å². The van der Waals surface area contributed by atoms with Crippen molar-refractivity contribution in [3.63, 3.8) is 0 Å². The average molecular weight is 380 g/mol. The van der Waals surface area contributed by atoms with E-state index in [1.807, 2.05) is 32.9 Å². The van der Waals surface area contributed by atoms with Crippen molar-refractivity contribution in [1.29, 1.82) is 0 Å². The monoisotopic (exact) mass is 379 g/mol. The minimum absolute atomic E-state index is 0.0321. The predicted octanol–water partition coefficient (Wildman–Crippen LogP) is 3.18. The van der Waals surface area contributed by atoms with Crippen LogP contribution in [0.3, 0.4) is 0 Å². The second kappa shape index (κ2) is 9.26. The van der Waals surface area contributed by atoms with Crippen molar-refractivity contribution in [3.8, 4) is 0 Å². The van der Waals surface area contributed by atoms with Crippen LogP contribution in [0.15, 0.2) is 22.8 Å². The van der Waals surface area contributed by atoms with Crippen molar-refractivity contribution in [2.75, 3.05) is 26.2 Å². The number of amides is 2. The minimum atomic E-state index is -0.576. The molecule has 1 N–H and O–H groups in total. The normalized spacial score (nSPS) is 18.6. The van der Waals surface area contributed by atoms with Crippen LogP contribution in [-0.2, 0) is 9.53 Å². The molecular weight excluding hydrogens is 346 g/mol. The van der Waals surface area contributed by atoms with E-state index in [-0.39, 0.29) is 11.9 Å². The molecule has 1 unspecified atom stereocenters. The van der Waals surface area contributed by atoms with E-state index in [0.29, 0.717) is 19.5 Å². The number of furan rings is 1. The fourth-order valence-corrected chi connectivity index (χ4v) is 3.45. The summed E-state index contributed by atoms with van der Waals surface area (Å²) in [5.41, 5.74) is -0.576. The van der Waals surface area contributed by atoms with Crippen LogP contribution < -0.4 is 5.32 Å². The number of likely N-dealkylation sites (N-methyl/N-ethyl adjacent to an activating group) is 1. The van der Waals surface area contributed by atoms with Gasteiger partial charge >= 0.3 is 6.09 Å². The van der Waals surface area contributed by atoms with E-state index in [9.17, 15) is 9.59 Å². The molecule has 1 fully saturated rings. The summed E-state index contributed by atoms with van der Waals surface area (Å²) in [6, 6.07) is 3.27. The number of carbonyl (C=O) groups is 2. The summed E-state index contributed by atoms with van der Waals surface area (Å²) in [5.74, 6) is 0.691. The zero-order valence-corrected chi connectivity index (χ0v) is 17.2. The Balaban J connectivity index is 2.01. The van der Waals surface area contributed by atoms with E-state index in [1.54, 1.807) is 11.2 Å². The summed E-state index contributed by atoms with van der Waals surface area (Å²) in [6.07, 6.45) is 2.68. The maximum absolute atomic E-state index is 12.8. The zero-order valence-electron chi connectivity index (χ0n) is 17.2. The number of rotatable bonds is 7. The van der Waals surface area contributed by atoms with Crippen molar-refractivity contribution in [1.82, 2.24) is 15.1 Å². The molecule has 0 aliphatic carbocycles. The molecule has 27 heavy (non-hydrogen) atoms. The smallest absolute Gasteiger partial charge is 0.410 e. The summed E-state index contributed by atoms with van der Waals surface area (Å²) >= 11 is 0. The first-order valence-electron chi connectivity index (χ1n) is 9.81. The first kappa shape index (κ1) is 21.3. The summed E-state index contributed by atoms with van der Waals surface area (Å²) < 4.78 is 11.0. The molecule has 1 aliphatic rings. The molecular formula is C20H33N3O4. The molecule has 2 rings (SSSR count). The van der Waals surface area contributed by atoms with Gasteiger partial charge in [-0.25, -0.2) is 4.79 Å². The van der Waals surface area contributed by atoms with Gasteiger partial charge in [-0.1, -0.05) is 13.8 Å². The summed E-state index contributed by atoms with van der Waals surface area (Å²) in [7, 11) is 0.